The van der Waals surface area contributed by atoms with Gasteiger partial charge in [-0.2, -0.15) is 0 Å². The van der Waals surface area contributed by atoms with Crippen molar-refractivity contribution in [2.45, 2.75) is 52.1 Å². The largest absolute Gasteiger partial charge is 0.342 e. The Bertz CT molecular complexity index is 1180. The average molecular weight is 442 g/mol. The fourth-order valence-electron chi connectivity index (χ4n) is 4.00. The monoisotopic (exact) mass is 441 g/mol. The lowest BCUT2D eigenvalue weighted by molar-refractivity contribution is -0.127. The summed E-state index contributed by atoms with van der Waals surface area (Å²) in [7, 11) is 0. The van der Waals surface area contributed by atoms with Gasteiger partial charge >= 0.3 is 0 Å². The molecule has 3 aromatic rings. The van der Waals surface area contributed by atoms with E-state index in [2.05, 4.69) is 39.8 Å². The normalized spacial score (nSPS) is 14.3. The lowest BCUT2D eigenvalue weighted by Gasteiger charge is -2.17. The van der Waals surface area contributed by atoms with E-state index in [9.17, 15) is 9.59 Å². The van der Waals surface area contributed by atoms with Crippen LogP contribution < -0.4 is 5.56 Å². The zero-order valence-electron chi connectivity index (χ0n) is 17.9. The summed E-state index contributed by atoms with van der Waals surface area (Å²) in [6, 6.07) is 6.11. The molecular formula is C23H27N3O2S2. The van der Waals surface area contributed by atoms with Crippen LogP contribution in [-0.4, -0.2) is 39.2 Å². The number of hydrogen-bond donors (Lipinski definition) is 0. The highest BCUT2D eigenvalue weighted by molar-refractivity contribution is 7.99. The number of fused-ring (bicyclic) bond motifs is 1. The van der Waals surface area contributed by atoms with Gasteiger partial charge in [-0.15, -0.1) is 11.3 Å². The summed E-state index contributed by atoms with van der Waals surface area (Å²) in [6.07, 6.45) is 2.41. The van der Waals surface area contributed by atoms with Gasteiger partial charge in [0.1, 0.15) is 4.83 Å². The Morgan fingerprint density at radius 2 is 1.97 bits per heavy atom. The van der Waals surface area contributed by atoms with Crippen molar-refractivity contribution in [3.63, 3.8) is 0 Å². The van der Waals surface area contributed by atoms with Crippen molar-refractivity contribution in [1.29, 1.82) is 0 Å². The maximum absolute atomic E-state index is 13.7. The molecular weight excluding hydrogens is 414 g/mol. The Labute approximate surface area is 185 Å². The van der Waals surface area contributed by atoms with E-state index < -0.39 is 0 Å². The van der Waals surface area contributed by atoms with Crippen LogP contribution in [0.25, 0.3) is 15.9 Å². The van der Waals surface area contributed by atoms with Gasteiger partial charge in [-0.1, -0.05) is 24.8 Å². The zero-order chi connectivity index (χ0) is 21.4. The van der Waals surface area contributed by atoms with Crippen molar-refractivity contribution in [1.82, 2.24) is 14.5 Å². The Morgan fingerprint density at radius 1 is 1.17 bits per heavy atom. The first-order valence-corrected chi connectivity index (χ1v) is 12.2. The smallest absolute Gasteiger partial charge is 0.267 e. The fourth-order valence-corrected chi connectivity index (χ4v) is 6.13. The maximum atomic E-state index is 13.7. The summed E-state index contributed by atoms with van der Waals surface area (Å²) >= 11 is 3.16. The number of carbonyl (C=O) groups is 1. The highest BCUT2D eigenvalue weighted by atomic mass is 32.2. The van der Waals surface area contributed by atoms with Crippen LogP contribution in [0, 0.1) is 20.8 Å². The molecule has 0 spiro atoms. The average Bonchev–Trinajstić information content (AvgIpc) is 3.26. The summed E-state index contributed by atoms with van der Waals surface area (Å²) in [6.45, 7) is 9.81. The molecule has 0 atom stereocenters. The number of aromatic nitrogens is 2. The minimum atomic E-state index is 0.00389. The third-order valence-electron chi connectivity index (χ3n) is 5.86. The predicted octanol–water partition coefficient (Wildman–Crippen LogP) is 4.65. The summed E-state index contributed by atoms with van der Waals surface area (Å²) in [5.74, 6) is 0.950. The second-order valence-electron chi connectivity index (χ2n) is 7.81. The van der Waals surface area contributed by atoms with Crippen LogP contribution in [0.5, 0.6) is 0 Å². The number of thiophene rings is 1. The number of aryl methyl sites for hydroxylation is 4. The molecule has 2 aromatic heterocycles. The van der Waals surface area contributed by atoms with Crippen LogP contribution in [0.3, 0.4) is 0 Å². The molecule has 3 heterocycles. The van der Waals surface area contributed by atoms with E-state index in [-0.39, 0.29) is 11.5 Å². The SMILES string of the molecule is CCc1c(C)sc2nc(SCCN3CCCC3=O)n(-c3ccc(C)c(C)c3)c(=O)c12. The Morgan fingerprint density at radius 3 is 2.63 bits per heavy atom. The van der Waals surface area contributed by atoms with Gasteiger partial charge in [-0.25, -0.2) is 4.98 Å². The molecule has 7 heteroatoms. The predicted molar refractivity (Wildman–Crippen MR) is 125 cm³/mol. The molecule has 30 heavy (non-hydrogen) atoms. The maximum Gasteiger partial charge on any atom is 0.267 e. The third-order valence-corrected chi connectivity index (χ3v) is 7.82. The molecule has 5 nitrogen and oxygen atoms in total. The van der Waals surface area contributed by atoms with Crippen molar-refractivity contribution in [3.05, 3.63) is 50.1 Å². The minimum absolute atomic E-state index is 0.00389. The number of nitrogens with zero attached hydrogens (tertiary/aromatic N) is 3. The van der Waals surface area contributed by atoms with Crippen LogP contribution >= 0.6 is 23.1 Å². The van der Waals surface area contributed by atoms with Crippen molar-refractivity contribution >= 4 is 39.2 Å². The number of hydrogen-bond acceptors (Lipinski definition) is 5. The van der Waals surface area contributed by atoms with Crippen molar-refractivity contribution in [2.75, 3.05) is 18.8 Å². The summed E-state index contributed by atoms with van der Waals surface area (Å²) in [5, 5.41) is 1.45. The van der Waals surface area contributed by atoms with Gasteiger partial charge in [0.15, 0.2) is 5.16 Å². The number of amides is 1. The highest BCUT2D eigenvalue weighted by Gasteiger charge is 2.22. The van der Waals surface area contributed by atoms with Crippen molar-refractivity contribution < 1.29 is 4.79 Å². The molecule has 0 radical (unpaired) electrons. The van der Waals surface area contributed by atoms with Crippen molar-refractivity contribution in [2.24, 2.45) is 0 Å². The number of rotatable bonds is 6. The van der Waals surface area contributed by atoms with Gasteiger partial charge in [0.2, 0.25) is 5.91 Å². The third kappa shape index (κ3) is 3.81. The molecule has 158 valence electrons. The fraction of sp³-hybridized carbons (Fsp3) is 0.435. The van der Waals surface area contributed by atoms with Crippen LogP contribution in [-0.2, 0) is 11.2 Å². The minimum Gasteiger partial charge on any atom is -0.342 e. The van der Waals surface area contributed by atoms with E-state index in [0.29, 0.717) is 18.1 Å². The second-order valence-corrected chi connectivity index (χ2v) is 10.1. The second kappa shape index (κ2) is 8.55. The number of thioether (sulfide) groups is 1. The van der Waals surface area contributed by atoms with Crippen LogP contribution in [0.2, 0.25) is 0 Å². The molecule has 1 aliphatic rings. The lowest BCUT2D eigenvalue weighted by Crippen LogP contribution is -2.27. The topological polar surface area (TPSA) is 55.2 Å². The molecule has 1 saturated heterocycles. The van der Waals surface area contributed by atoms with Gasteiger partial charge in [0.25, 0.3) is 5.56 Å². The summed E-state index contributed by atoms with van der Waals surface area (Å²) in [5.41, 5.74) is 4.30. The van der Waals surface area contributed by atoms with Crippen molar-refractivity contribution in [3.8, 4) is 5.69 Å². The Balaban J connectivity index is 1.79. The van der Waals surface area contributed by atoms with Crippen LogP contribution in [0.15, 0.2) is 28.2 Å². The van der Waals surface area contributed by atoms with Gasteiger partial charge in [-0.3, -0.25) is 14.2 Å². The van der Waals surface area contributed by atoms with E-state index in [1.807, 2.05) is 11.0 Å². The first kappa shape index (κ1) is 21.1. The standard InChI is InChI=1S/C23H27N3O2S2/c1-5-18-16(4)30-21-20(18)22(28)26(17-9-8-14(2)15(3)13-17)23(24-21)29-12-11-25-10-6-7-19(25)27/h8-9,13H,5-7,10-12H2,1-4H3. The van der Waals surface area contributed by atoms with Gasteiger partial charge in [-0.05, 0) is 62.4 Å². The molecule has 0 unspecified atom stereocenters. The van der Waals surface area contributed by atoms with E-state index >= 15 is 0 Å². The van der Waals surface area contributed by atoms with Gasteiger partial charge < -0.3 is 4.90 Å². The summed E-state index contributed by atoms with van der Waals surface area (Å²) < 4.78 is 1.76. The van der Waals surface area contributed by atoms with E-state index in [1.54, 1.807) is 27.7 Å². The molecule has 1 aromatic carbocycles. The first-order valence-electron chi connectivity index (χ1n) is 10.4. The van der Waals surface area contributed by atoms with Crippen LogP contribution in [0.1, 0.15) is 41.3 Å². The number of likely N-dealkylation sites (tertiary alicyclic amines) is 1. The van der Waals surface area contributed by atoms with Gasteiger partial charge in [0.05, 0.1) is 11.1 Å². The Hall–Kier alpha value is -2.12. The van der Waals surface area contributed by atoms with E-state index in [0.717, 1.165) is 57.0 Å². The molecule has 1 aliphatic heterocycles. The highest BCUT2D eigenvalue weighted by Crippen LogP contribution is 2.31. The first-order chi connectivity index (χ1) is 14.4. The molecule has 1 amide bonds. The molecule has 1 fully saturated rings. The molecule has 4 rings (SSSR count). The van der Waals surface area contributed by atoms with Gasteiger partial charge in [0, 0.05) is 30.1 Å². The number of benzene rings is 1. The van der Waals surface area contributed by atoms with E-state index in [1.165, 1.54) is 5.56 Å². The van der Waals surface area contributed by atoms with E-state index in [4.69, 9.17) is 4.98 Å². The lowest BCUT2D eigenvalue weighted by atomic mass is 10.1. The Kier molecular flexibility index (Phi) is 6.02. The number of carbonyl (C=O) groups excluding carboxylic acids is 1. The quantitative estimate of drug-likeness (QED) is 0.413. The molecule has 0 aliphatic carbocycles. The molecule has 0 N–H and O–H groups in total. The summed E-state index contributed by atoms with van der Waals surface area (Å²) in [4.78, 5) is 34.4. The molecule has 0 bridgehead atoms. The molecule has 0 saturated carbocycles. The zero-order valence-corrected chi connectivity index (χ0v) is 19.6. The van der Waals surface area contributed by atoms with Crippen LogP contribution in [0.4, 0.5) is 0 Å².